The van der Waals surface area contributed by atoms with Gasteiger partial charge in [-0.1, -0.05) is 29.4 Å². The number of alkyl halides is 3. The molecule has 0 saturated carbocycles. The standard InChI is InChI=1S/C23H16F3N4O3S/c1-13-3-2-4-16(11-13)30-21(31)19-17(9-10-34-19)29(22(30)32)12-18-27-20(28-33-18)14-5-7-15(8-6-14)23(24,25)26/h2-11,19H,12H2,1H3/q+1. The van der Waals surface area contributed by atoms with Gasteiger partial charge >= 0.3 is 18.1 Å². The average molecular weight is 485 g/mol. The van der Waals surface area contributed by atoms with Gasteiger partial charge in [0.2, 0.25) is 5.82 Å². The third kappa shape index (κ3) is 3.92. The van der Waals surface area contributed by atoms with Crippen LogP contribution in [0.15, 0.2) is 64.5 Å². The minimum Gasteiger partial charge on any atom is -0.335 e. The molecule has 3 heterocycles. The molecule has 34 heavy (non-hydrogen) atoms. The Morgan fingerprint density at radius 2 is 1.91 bits per heavy atom. The number of amides is 3. The highest BCUT2D eigenvalue weighted by atomic mass is 32.2. The van der Waals surface area contributed by atoms with Crippen molar-refractivity contribution in [2.45, 2.75) is 24.9 Å². The van der Waals surface area contributed by atoms with E-state index in [4.69, 9.17) is 4.52 Å². The molecule has 172 valence electrons. The van der Waals surface area contributed by atoms with Crippen molar-refractivity contribution in [3.8, 4) is 11.4 Å². The summed E-state index contributed by atoms with van der Waals surface area (Å²) in [4.78, 5) is 31.8. The summed E-state index contributed by atoms with van der Waals surface area (Å²) in [5, 5.41) is 5.00. The predicted molar refractivity (Wildman–Crippen MR) is 118 cm³/mol. The summed E-state index contributed by atoms with van der Waals surface area (Å²) in [5.41, 5.74) is 1.43. The number of allylic oxidation sites excluding steroid dienone is 1. The molecule has 0 saturated heterocycles. The van der Waals surface area contributed by atoms with Gasteiger partial charge in [-0.05, 0) is 48.2 Å². The first-order valence-electron chi connectivity index (χ1n) is 10.1. The average Bonchev–Trinajstić information content (AvgIpc) is 3.46. The molecule has 1 unspecified atom stereocenters. The number of hydrogen-bond acceptors (Lipinski definition) is 6. The van der Waals surface area contributed by atoms with Crippen LogP contribution in [0.4, 0.5) is 23.7 Å². The Bertz CT molecular complexity index is 1360. The molecule has 0 fully saturated rings. The fraction of sp³-hybridized carbons (Fsp3) is 0.174. The molecule has 0 N–H and O–H groups in total. The highest BCUT2D eigenvalue weighted by Crippen LogP contribution is 2.32. The first kappa shape index (κ1) is 22.1. The number of aryl methyl sites for hydroxylation is 1. The Hall–Kier alpha value is -3.73. The maximum absolute atomic E-state index is 13.4. The van der Waals surface area contributed by atoms with Crippen LogP contribution in [0.25, 0.3) is 11.4 Å². The third-order valence-electron chi connectivity index (χ3n) is 5.39. The van der Waals surface area contributed by atoms with Crippen LogP contribution in [0.5, 0.6) is 0 Å². The molecular formula is C23H16F3N4O3S+. The van der Waals surface area contributed by atoms with Gasteiger partial charge in [0.15, 0.2) is 11.8 Å². The molecule has 7 nitrogen and oxygen atoms in total. The quantitative estimate of drug-likeness (QED) is 0.494. The Kier molecular flexibility index (Phi) is 5.35. The normalized spacial score (nSPS) is 18.1. The first-order chi connectivity index (χ1) is 16.2. The van der Waals surface area contributed by atoms with Crippen LogP contribution in [0.1, 0.15) is 17.0 Å². The molecule has 3 amide bonds. The van der Waals surface area contributed by atoms with Gasteiger partial charge in [-0.2, -0.15) is 27.5 Å². The largest absolute Gasteiger partial charge is 0.506 e. The van der Waals surface area contributed by atoms with Gasteiger partial charge in [0.25, 0.3) is 5.89 Å². The minimum atomic E-state index is -4.45. The van der Waals surface area contributed by atoms with Gasteiger partial charge in [0, 0.05) is 5.56 Å². The molecule has 2 aliphatic heterocycles. The number of aromatic nitrogens is 2. The number of benzene rings is 2. The predicted octanol–water partition coefficient (Wildman–Crippen LogP) is 4.81. The highest BCUT2D eigenvalue weighted by Gasteiger charge is 2.50. The van der Waals surface area contributed by atoms with Crippen LogP contribution in [0, 0.1) is 6.92 Å². The second-order valence-corrected chi connectivity index (χ2v) is 8.73. The molecular weight excluding hydrogens is 469 g/mol. The Morgan fingerprint density at radius 1 is 1.15 bits per heavy atom. The first-order valence-corrected chi connectivity index (χ1v) is 11.1. The van der Waals surface area contributed by atoms with Crippen molar-refractivity contribution in [2.24, 2.45) is 0 Å². The molecule has 0 aliphatic carbocycles. The molecule has 1 aromatic heterocycles. The van der Waals surface area contributed by atoms with Crippen LogP contribution in [0.3, 0.4) is 0 Å². The second kappa shape index (κ2) is 8.24. The Balaban J connectivity index is 1.45. The van der Waals surface area contributed by atoms with Crippen LogP contribution in [-0.2, 0) is 17.5 Å². The van der Waals surface area contributed by atoms with Crippen molar-refractivity contribution in [1.82, 2.24) is 10.1 Å². The van der Waals surface area contributed by atoms with Gasteiger partial charge in [-0.25, -0.2) is 4.79 Å². The molecule has 2 aliphatic rings. The van der Waals surface area contributed by atoms with Gasteiger partial charge in [-0.15, -0.1) is 16.7 Å². The number of carbonyl (C=O) groups is 2. The summed E-state index contributed by atoms with van der Waals surface area (Å²) in [6, 6.07) is 10.9. The van der Waals surface area contributed by atoms with E-state index in [1.807, 2.05) is 13.0 Å². The number of hydrogen-bond donors (Lipinski definition) is 0. The lowest BCUT2D eigenvalue weighted by atomic mass is 10.1. The molecule has 0 spiro atoms. The van der Waals surface area contributed by atoms with Crippen LogP contribution < -0.4 is 4.90 Å². The SMILES string of the molecule is Cc1cccc(N2C(=O)C3SC=CC3=[N+](Cc3nc(-c4ccc(C(F)(F)F)cc4)no3)C2=O)c1. The van der Waals surface area contributed by atoms with E-state index in [0.29, 0.717) is 17.0 Å². The van der Waals surface area contributed by atoms with E-state index in [0.717, 1.165) is 22.6 Å². The number of anilines is 1. The molecule has 5 rings (SSSR count). The van der Waals surface area contributed by atoms with Gasteiger partial charge < -0.3 is 4.52 Å². The number of urea groups is 1. The number of halogens is 3. The van der Waals surface area contributed by atoms with E-state index in [-0.39, 0.29) is 24.2 Å². The van der Waals surface area contributed by atoms with E-state index < -0.39 is 23.0 Å². The molecule has 1 atom stereocenters. The number of imide groups is 1. The highest BCUT2D eigenvalue weighted by molar-refractivity contribution is 8.04. The van der Waals surface area contributed by atoms with Crippen molar-refractivity contribution >= 4 is 35.1 Å². The van der Waals surface area contributed by atoms with Crippen molar-refractivity contribution in [3.63, 3.8) is 0 Å². The van der Waals surface area contributed by atoms with Crippen molar-refractivity contribution in [1.29, 1.82) is 0 Å². The number of carbonyl (C=O) groups excluding carboxylic acids is 2. The van der Waals surface area contributed by atoms with Gasteiger partial charge in [0.1, 0.15) is 11.4 Å². The van der Waals surface area contributed by atoms with E-state index in [1.165, 1.54) is 28.5 Å². The third-order valence-corrected chi connectivity index (χ3v) is 6.40. The van der Waals surface area contributed by atoms with Crippen LogP contribution >= 0.6 is 11.8 Å². The molecule has 3 aromatic rings. The summed E-state index contributed by atoms with van der Waals surface area (Å²) in [6.45, 7) is 1.77. The number of thioether (sulfide) groups is 1. The summed E-state index contributed by atoms with van der Waals surface area (Å²) < 4.78 is 45.1. The smallest absolute Gasteiger partial charge is 0.335 e. The van der Waals surface area contributed by atoms with Crippen LogP contribution in [0.2, 0.25) is 0 Å². The van der Waals surface area contributed by atoms with Gasteiger partial charge in [-0.3, -0.25) is 0 Å². The van der Waals surface area contributed by atoms with Gasteiger partial charge in [0.05, 0.1) is 5.56 Å². The zero-order chi connectivity index (χ0) is 24.0. The Morgan fingerprint density at radius 3 is 2.62 bits per heavy atom. The number of nitrogens with zero attached hydrogens (tertiary/aromatic N) is 4. The number of rotatable bonds is 4. The zero-order valence-electron chi connectivity index (χ0n) is 17.6. The lowest BCUT2D eigenvalue weighted by Crippen LogP contribution is -2.55. The summed E-state index contributed by atoms with van der Waals surface area (Å²) in [7, 11) is 0. The summed E-state index contributed by atoms with van der Waals surface area (Å²) in [5.74, 6) is -0.163. The van der Waals surface area contributed by atoms with E-state index in [1.54, 1.807) is 29.7 Å². The summed E-state index contributed by atoms with van der Waals surface area (Å²) >= 11 is 1.30. The van der Waals surface area contributed by atoms with E-state index >= 15 is 0 Å². The van der Waals surface area contributed by atoms with Crippen molar-refractivity contribution in [3.05, 3.63) is 77.0 Å². The topological polar surface area (TPSA) is 79.3 Å². The minimum absolute atomic E-state index is 0.0818. The number of fused-ring (bicyclic) bond motifs is 1. The van der Waals surface area contributed by atoms with Crippen molar-refractivity contribution in [2.75, 3.05) is 4.90 Å². The van der Waals surface area contributed by atoms with Crippen LogP contribution in [-0.4, -0.2) is 37.6 Å². The molecule has 11 heteroatoms. The molecule has 2 aromatic carbocycles. The monoisotopic (exact) mass is 485 g/mol. The molecule has 0 bridgehead atoms. The fourth-order valence-corrected chi connectivity index (χ4v) is 4.69. The second-order valence-electron chi connectivity index (χ2n) is 7.71. The van der Waals surface area contributed by atoms with Crippen molar-refractivity contribution < 1.29 is 31.9 Å². The Labute approximate surface area is 195 Å². The zero-order valence-corrected chi connectivity index (χ0v) is 18.4. The lowest BCUT2D eigenvalue weighted by molar-refractivity contribution is -0.448. The van der Waals surface area contributed by atoms with E-state index in [2.05, 4.69) is 10.1 Å². The lowest BCUT2D eigenvalue weighted by Gasteiger charge is -2.23. The summed E-state index contributed by atoms with van der Waals surface area (Å²) in [6.07, 6.45) is -2.75. The maximum atomic E-state index is 13.4. The fourth-order valence-electron chi connectivity index (χ4n) is 3.75. The molecule has 0 radical (unpaired) electrons. The van der Waals surface area contributed by atoms with E-state index in [9.17, 15) is 22.8 Å². The maximum Gasteiger partial charge on any atom is 0.506 e.